The molecule has 5 heteroatoms. The first kappa shape index (κ1) is 15.9. The summed E-state index contributed by atoms with van der Waals surface area (Å²) in [7, 11) is 3.79. The Morgan fingerprint density at radius 1 is 1.38 bits per heavy atom. The fourth-order valence-corrected chi connectivity index (χ4v) is 3.15. The Hall–Kier alpha value is -1.43. The average molecular weight is 305 g/mol. The van der Waals surface area contributed by atoms with Gasteiger partial charge in [0.1, 0.15) is 5.75 Å². The van der Waals surface area contributed by atoms with Crippen molar-refractivity contribution in [3.8, 4) is 5.75 Å². The molecule has 0 saturated heterocycles. The number of methoxy groups -OCH3 is 1. The van der Waals surface area contributed by atoms with Crippen molar-refractivity contribution in [2.24, 2.45) is 5.73 Å². The van der Waals surface area contributed by atoms with Gasteiger partial charge in [0, 0.05) is 23.5 Å². The number of hydrogen-bond donors (Lipinski definition) is 1. The van der Waals surface area contributed by atoms with Crippen molar-refractivity contribution in [1.29, 1.82) is 0 Å². The van der Waals surface area contributed by atoms with Crippen LogP contribution in [0.4, 0.5) is 0 Å². The summed E-state index contributed by atoms with van der Waals surface area (Å²) in [5.41, 5.74) is 10.5. The standard InChI is InChI=1S/C16H23N3OS/c1-4-14(17)16(13-7-5-6-8-15(13)20-3)19(2)9-12-10-21-11-18-12/h5-8,10-11,14,16H,4,9,17H2,1-3H3. The van der Waals surface area contributed by atoms with Gasteiger partial charge in [-0.05, 0) is 19.5 Å². The number of rotatable bonds is 7. The number of nitrogens with zero attached hydrogens (tertiary/aromatic N) is 2. The van der Waals surface area contributed by atoms with Crippen molar-refractivity contribution in [3.05, 3.63) is 46.4 Å². The molecule has 0 bridgehead atoms. The smallest absolute Gasteiger partial charge is 0.123 e. The lowest BCUT2D eigenvalue weighted by Crippen LogP contribution is -2.38. The Labute approximate surface area is 130 Å². The predicted molar refractivity (Wildman–Crippen MR) is 87.6 cm³/mol. The van der Waals surface area contributed by atoms with Gasteiger partial charge in [0.15, 0.2) is 0 Å². The monoisotopic (exact) mass is 305 g/mol. The molecule has 2 N–H and O–H groups in total. The van der Waals surface area contributed by atoms with Gasteiger partial charge < -0.3 is 10.5 Å². The third-order valence-electron chi connectivity index (χ3n) is 3.70. The summed E-state index contributed by atoms with van der Waals surface area (Å²) in [6, 6.07) is 8.25. The molecule has 2 aromatic rings. The number of nitrogens with two attached hydrogens (primary N) is 1. The number of thiazole rings is 1. The first-order valence-electron chi connectivity index (χ1n) is 7.13. The number of likely N-dealkylation sites (N-methyl/N-ethyl adjacent to an activating group) is 1. The molecule has 1 heterocycles. The summed E-state index contributed by atoms with van der Waals surface area (Å²) in [6.07, 6.45) is 0.907. The van der Waals surface area contributed by atoms with Gasteiger partial charge in [-0.1, -0.05) is 25.1 Å². The Bertz CT molecular complexity index is 544. The first-order valence-corrected chi connectivity index (χ1v) is 8.07. The lowest BCUT2D eigenvalue weighted by Gasteiger charge is -2.33. The normalized spacial score (nSPS) is 14.1. The number of aromatic nitrogens is 1. The molecule has 114 valence electrons. The van der Waals surface area contributed by atoms with E-state index in [4.69, 9.17) is 10.5 Å². The molecule has 0 aliphatic heterocycles. The molecule has 2 rings (SSSR count). The molecular weight excluding hydrogens is 282 g/mol. The van der Waals surface area contributed by atoms with E-state index in [1.807, 2.05) is 23.7 Å². The molecule has 0 fully saturated rings. The maximum Gasteiger partial charge on any atom is 0.123 e. The van der Waals surface area contributed by atoms with Crippen molar-refractivity contribution >= 4 is 11.3 Å². The lowest BCUT2D eigenvalue weighted by molar-refractivity contribution is 0.195. The van der Waals surface area contributed by atoms with Crippen LogP contribution < -0.4 is 10.5 Å². The summed E-state index contributed by atoms with van der Waals surface area (Å²) >= 11 is 1.62. The second kappa shape index (κ2) is 7.54. The molecule has 0 radical (unpaired) electrons. The Kier molecular flexibility index (Phi) is 5.73. The van der Waals surface area contributed by atoms with E-state index in [-0.39, 0.29) is 12.1 Å². The highest BCUT2D eigenvalue weighted by Gasteiger charge is 2.26. The topological polar surface area (TPSA) is 51.4 Å². The molecule has 0 spiro atoms. The molecule has 0 saturated carbocycles. The van der Waals surface area contributed by atoms with Gasteiger partial charge in [-0.3, -0.25) is 4.90 Å². The van der Waals surface area contributed by atoms with E-state index < -0.39 is 0 Å². The average Bonchev–Trinajstić information content (AvgIpc) is 3.00. The van der Waals surface area contributed by atoms with E-state index in [9.17, 15) is 0 Å². The van der Waals surface area contributed by atoms with Crippen LogP contribution in [-0.2, 0) is 6.54 Å². The molecule has 0 aliphatic carbocycles. The van der Waals surface area contributed by atoms with Crippen LogP contribution >= 0.6 is 11.3 Å². The summed E-state index contributed by atoms with van der Waals surface area (Å²) < 4.78 is 5.51. The van der Waals surface area contributed by atoms with E-state index in [0.717, 1.165) is 30.0 Å². The van der Waals surface area contributed by atoms with Gasteiger partial charge in [-0.15, -0.1) is 11.3 Å². The highest BCUT2D eigenvalue weighted by molar-refractivity contribution is 7.07. The minimum absolute atomic E-state index is 0.0462. The minimum Gasteiger partial charge on any atom is -0.496 e. The Morgan fingerprint density at radius 2 is 2.14 bits per heavy atom. The van der Waals surface area contributed by atoms with Crippen molar-refractivity contribution in [2.45, 2.75) is 32.0 Å². The Morgan fingerprint density at radius 3 is 2.76 bits per heavy atom. The maximum absolute atomic E-state index is 6.39. The highest BCUT2D eigenvalue weighted by Crippen LogP contribution is 2.32. The number of hydrogen-bond acceptors (Lipinski definition) is 5. The quantitative estimate of drug-likeness (QED) is 0.854. The third kappa shape index (κ3) is 3.81. The van der Waals surface area contributed by atoms with Gasteiger partial charge in [0.25, 0.3) is 0 Å². The van der Waals surface area contributed by atoms with E-state index in [1.54, 1.807) is 18.4 Å². The summed E-state index contributed by atoms with van der Waals surface area (Å²) in [5.74, 6) is 0.886. The molecular formula is C16H23N3OS. The van der Waals surface area contributed by atoms with Crippen LogP contribution in [-0.4, -0.2) is 30.1 Å². The zero-order valence-corrected chi connectivity index (χ0v) is 13.6. The van der Waals surface area contributed by atoms with E-state index in [2.05, 4.69) is 35.3 Å². The summed E-state index contributed by atoms with van der Waals surface area (Å²) in [4.78, 5) is 6.62. The van der Waals surface area contributed by atoms with Crippen LogP contribution in [0.2, 0.25) is 0 Å². The number of benzene rings is 1. The largest absolute Gasteiger partial charge is 0.496 e. The van der Waals surface area contributed by atoms with Crippen LogP contribution in [0, 0.1) is 0 Å². The molecule has 0 aliphatic rings. The second-order valence-electron chi connectivity index (χ2n) is 5.15. The summed E-state index contributed by atoms with van der Waals surface area (Å²) in [5, 5.41) is 2.08. The predicted octanol–water partition coefficient (Wildman–Crippen LogP) is 3.06. The highest BCUT2D eigenvalue weighted by atomic mass is 32.1. The second-order valence-corrected chi connectivity index (χ2v) is 5.87. The maximum atomic E-state index is 6.39. The van der Waals surface area contributed by atoms with Gasteiger partial charge >= 0.3 is 0 Å². The van der Waals surface area contributed by atoms with Gasteiger partial charge in [-0.2, -0.15) is 0 Å². The molecule has 1 aromatic heterocycles. The number of ether oxygens (including phenoxy) is 1. The van der Waals surface area contributed by atoms with Crippen molar-refractivity contribution in [1.82, 2.24) is 9.88 Å². The molecule has 4 nitrogen and oxygen atoms in total. The van der Waals surface area contributed by atoms with E-state index in [0.29, 0.717) is 0 Å². The van der Waals surface area contributed by atoms with E-state index in [1.165, 1.54) is 0 Å². The first-order chi connectivity index (χ1) is 10.2. The van der Waals surface area contributed by atoms with Crippen molar-refractivity contribution in [2.75, 3.05) is 14.2 Å². The van der Waals surface area contributed by atoms with Gasteiger partial charge in [0.2, 0.25) is 0 Å². The molecule has 1 aromatic carbocycles. The SMILES string of the molecule is CCC(N)C(c1ccccc1OC)N(C)Cc1cscn1. The number of para-hydroxylation sites is 1. The molecule has 2 unspecified atom stereocenters. The van der Waals surface area contributed by atoms with Crippen molar-refractivity contribution in [3.63, 3.8) is 0 Å². The van der Waals surface area contributed by atoms with Crippen LogP contribution in [0.15, 0.2) is 35.2 Å². The molecule has 2 atom stereocenters. The summed E-state index contributed by atoms with van der Waals surface area (Å²) in [6.45, 7) is 2.89. The minimum atomic E-state index is 0.0462. The fraction of sp³-hybridized carbons (Fsp3) is 0.438. The van der Waals surface area contributed by atoms with Crippen LogP contribution in [0.5, 0.6) is 5.75 Å². The van der Waals surface area contributed by atoms with Gasteiger partial charge in [-0.25, -0.2) is 4.98 Å². The zero-order valence-electron chi connectivity index (χ0n) is 12.8. The zero-order chi connectivity index (χ0) is 15.2. The fourth-order valence-electron chi connectivity index (χ4n) is 2.60. The van der Waals surface area contributed by atoms with Gasteiger partial charge in [0.05, 0.1) is 24.4 Å². The molecule has 21 heavy (non-hydrogen) atoms. The van der Waals surface area contributed by atoms with E-state index >= 15 is 0 Å². The lowest BCUT2D eigenvalue weighted by atomic mass is 9.95. The van der Waals surface area contributed by atoms with Crippen molar-refractivity contribution < 1.29 is 4.74 Å². The third-order valence-corrected chi connectivity index (χ3v) is 4.34. The van der Waals surface area contributed by atoms with Crippen LogP contribution in [0.25, 0.3) is 0 Å². The molecule has 0 amide bonds. The van der Waals surface area contributed by atoms with Crippen LogP contribution in [0.3, 0.4) is 0 Å². The van der Waals surface area contributed by atoms with Crippen LogP contribution in [0.1, 0.15) is 30.6 Å². The Balaban J connectivity index is 2.29.